The fraction of sp³-hybridized carbons (Fsp3) is 0.769. The second-order valence-electron chi connectivity index (χ2n) is 5.29. The Morgan fingerprint density at radius 3 is 2.95 bits per heavy atom. The summed E-state index contributed by atoms with van der Waals surface area (Å²) in [4.78, 5) is 0. The van der Waals surface area contributed by atoms with E-state index in [0.29, 0.717) is 31.0 Å². The van der Waals surface area contributed by atoms with Gasteiger partial charge in [-0.1, -0.05) is 6.92 Å². The number of aromatic amines is 1. The Morgan fingerprint density at radius 2 is 2.29 bits per heavy atom. The molecule has 8 heteroatoms. The highest BCUT2D eigenvalue weighted by molar-refractivity contribution is 7.89. The van der Waals surface area contributed by atoms with E-state index in [-0.39, 0.29) is 17.7 Å². The molecule has 0 aliphatic carbocycles. The van der Waals surface area contributed by atoms with Gasteiger partial charge in [-0.05, 0) is 26.2 Å². The Morgan fingerprint density at radius 1 is 1.52 bits per heavy atom. The number of piperidine rings is 1. The second kappa shape index (κ2) is 6.87. The minimum atomic E-state index is -3.69. The van der Waals surface area contributed by atoms with Crippen LogP contribution in [0.25, 0.3) is 0 Å². The molecule has 1 aliphatic heterocycles. The SMILES string of the molecule is CCCOC1CCCN(S(=O)(=O)c2n[nH]c(C)c2CO)C1. The van der Waals surface area contributed by atoms with Crippen molar-refractivity contribution in [2.24, 2.45) is 0 Å². The van der Waals surface area contributed by atoms with Crippen LogP contribution in [0.4, 0.5) is 0 Å². The number of aliphatic hydroxyl groups is 1. The van der Waals surface area contributed by atoms with Gasteiger partial charge in [0.2, 0.25) is 0 Å². The number of aryl methyl sites for hydroxylation is 1. The van der Waals surface area contributed by atoms with Crippen LogP contribution >= 0.6 is 0 Å². The Bertz CT molecular complexity index is 570. The summed E-state index contributed by atoms with van der Waals surface area (Å²) in [5.74, 6) is 0. The van der Waals surface area contributed by atoms with Crippen LogP contribution in [0.1, 0.15) is 37.4 Å². The molecule has 0 spiro atoms. The summed E-state index contributed by atoms with van der Waals surface area (Å²) < 4.78 is 32.4. The molecule has 0 saturated carbocycles. The molecule has 120 valence electrons. The third-order valence-corrected chi connectivity index (χ3v) is 5.51. The zero-order valence-corrected chi connectivity index (χ0v) is 13.3. The Balaban J connectivity index is 2.18. The summed E-state index contributed by atoms with van der Waals surface area (Å²) in [7, 11) is -3.69. The molecule has 1 saturated heterocycles. The molecule has 2 N–H and O–H groups in total. The van der Waals surface area contributed by atoms with Crippen molar-refractivity contribution in [1.29, 1.82) is 0 Å². The van der Waals surface area contributed by atoms with E-state index in [1.165, 1.54) is 4.31 Å². The summed E-state index contributed by atoms with van der Waals surface area (Å²) in [5, 5.41) is 15.8. The molecule has 1 unspecified atom stereocenters. The molecule has 0 aromatic carbocycles. The second-order valence-corrected chi connectivity index (χ2v) is 7.14. The third-order valence-electron chi connectivity index (χ3n) is 3.68. The Hall–Kier alpha value is -0.960. The Kier molecular flexibility index (Phi) is 5.37. The summed E-state index contributed by atoms with van der Waals surface area (Å²) in [6.45, 7) is 4.82. The van der Waals surface area contributed by atoms with Gasteiger partial charge in [0.05, 0.1) is 12.7 Å². The van der Waals surface area contributed by atoms with Gasteiger partial charge < -0.3 is 9.84 Å². The maximum absolute atomic E-state index is 12.7. The summed E-state index contributed by atoms with van der Waals surface area (Å²) in [5.41, 5.74) is 0.915. The zero-order valence-electron chi connectivity index (χ0n) is 12.5. The summed E-state index contributed by atoms with van der Waals surface area (Å²) in [6.07, 6.45) is 2.49. The zero-order chi connectivity index (χ0) is 15.5. The quantitative estimate of drug-likeness (QED) is 0.809. The molecule has 0 bridgehead atoms. The van der Waals surface area contributed by atoms with Gasteiger partial charge in [0.15, 0.2) is 5.03 Å². The van der Waals surface area contributed by atoms with Crippen LogP contribution in [0, 0.1) is 6.92 Å². The van der Waals surface area contributed by atoms with Gasteiger partial charge in [0.1, 0.15) is 0 Å². The van der Waals surface area contributed by atoms with Gasteiger partial charge in [-0.15, -0.1) is 0 Å². The lowest BCUT2D eigenvalue weighted by molar-refractivity contribution is 0.0192. The maximum Gasteiger partial charge on any atom is 0.262 e. The first-order chi connectivity index (χ1) is 10.0. The van der Waals surface area contributed by atoms with Crippen LogP contribution in [0.5, 0.6) is 0 Å². The van der Waals surface area contributed by atoms with Crippen molar-refractivity contribution in [1.82, 2.24) is 14.5 Å². The van der Waals surface area contributed by atoms with Crippen LogP contribution in [0.15, 0.2) is 5.03 Å². The molecule has 7 nitrogen and oxygen atoms in total. The normalized spacial score (nSPS) is 20.8. The molecule has 2 rings (SSSR count). The predicted molar refractivity (Wildman–Crippen MR) is 77.3 cm³/mol. The van der Waals surface area contributed by atoms with E-state index < -0.39 is 10.0 Å². The topological polar surface area (TPSA) is 95.5 Å². The van der Waals surface area contributed by atoms with E-state index in [1.54, 1.807) is 6.92 Å². The van der Waals surface area contributed by atoms with E-state index in [4.69, 9.17) is 4.74 Å². The molecule has 1 aliphatic rings. The number of hydrogen-bond acceptors (Lipinski definition) is 5. The number of nitrogens with zero attached hydrogens (tertiary/aromatic N) is 2. The number of ether oxygens (including phenoxy) is 1. The van der Waals surface area contributed by atoms with Gasteiger partial charge in [-0.3, -0.25) is 5.10 Å². The minimum absolute atomic E-state index is 0.0638. The summed E-state index contributed by atoms with van der Waals surface area (Å²) >= 11 is 0. The van der Waals surface area contributed by atoms with Crippen molar-refractivity contribution in [3.8, 4) is 0 Å². The molecular weight excluding hydrogens is 294 g/mol. The van der Waals surface area contributed by atoms with E-state index in [0.717, 1.165) is 19.3 Å². The number of H-pyrrole nitrogens is 1. The van der Waals surface area contributed by atoms with Crippen molar-refractivity contribution >= 4 is 10.0 Å². The first-order valence-corrected chi connectivity index (χ1v) is 8.71. The standard InChI is InChI=1S/C13H23N3O4S/c1-3-7-20-11-5-4-6-16(8-11)21(18,19)13-12(9-17)10(2)14-15-13/h11,17H,3-9H2,1-2H3,(H,14,15). The number of rotatable bonds is 6. The highest BCUT2D eigenvalue weighted by atomic mass is 32.2. The highest BCUT2D eigenvalue weighted by Gasteiger charge is 2.34. The largest absolute Gasteiger partial charge is 0.392 e. The average molecular weight is 317 g/mol. The van der Waals surface area contributed by atoms with Crippen LogP contribution in [-0.2, 0) is 21.4 Å². The monoisotopic (exact) mass is 317 g/mol. The lowest BCUT2D eigenvalue weighted by Crippen LogP contribution is -2.43. The van der Waals surface area contributed by atoms with Gasteiger partial charge in [-0.2, -0.15) is 9.40 Å². The predicted octanol–water partition coefficient (Wildman–Crippen LogP) is 0.790. The van der Waals surface area contributed by atoms with Crippen molar-refractivity contribution in [3.05, 3.63) is 11.3 Å². The van der Waals surface area contributed by atoms with E-state index in [2.05, 4.69) is 10.2 Å². The van der Waals surface area contributed by atoms with Crippen molar-refractivity contribution in [3.63, 3.8) is 0 Å². The minimum Gasteiger partial charge on any atom is -0.392 e. The lowest BCUT2D eigenvalue weighted by Gasteiger charge is -2.31. The van der Waals surface area contributed by atoms with Crippen molar-refractivity contribution in [2.75, 3.05) is 19.7 Å². The van der Waals surface area contributed by atoms with Crippen molar-refractivity contribution in [2.45, 2.75) is 50.8 Å². The number of aliphatic hydroxyl groups excluding tert-OH is 1. The third kappa shape index (κ3) is 3.45. The Labute approximate surface area is 125 Å². The smallest absolute Gasteiger partial charge is 0.262 e. The number of sulfonamides is 1. The number of hydrogen-bond donors (Lipinski definition) is 2. The first kappa shape index (κ1) is 16.4. The van der Waals surface area contributed by atoms with E-state index in [9.17, 15) is 13.5 Å². The van der Waals surface area contributed by atoms with Crippen LogP contribution < -0.4 is 0 Å². The fourth-order valence-corrected chi connectivity index (χ4v) is 4.16. The van der Waals surface area contributed by atoms with Gasteiger partial charge >= 0.3 is 0 Å². The molecule has 1 fully saturated rings. The molecule has 2 heterocycles. The molecule has 0 amide bonds. The number of nitrogens with one attached hydrogen (secondary N) is 1. The van der Waals surface area contributed by atoms with Gasteiger partial charge in [0, 0.05) is 31.0 Å². The average Bonchev–Trinajstić information content (AvgIpc) is 2.87. The first-order valence-electron chi connectivity index (χ1n) is 7.27. The van der Waals surface area contributed by atoms with Gasteiger partial charge in [-0.25, -0.2) is 8.42 Å². The van der Waals surface area contributed by atoms with Crippen LogP contribution in [0.3, 0.4) is 0 Å². The molecular formula is C13H23N3O4S. The number of aromatic nitrogens is 2. The van der Waals surface area contributed by atoms with E-state index >= 15 is 0 Å². The van der Waals surface area contributed by atoms with Crippen molar-refractivity contribution < 1.29 is 18.3 Å². The fourth-order valence-electron chi connectivity index (χ4n) is 2.50. The molecule has 1 atom stereocenters. The van der Waals surface area contributed by atoms with Gasteiger partial charge in [0.25, 0.3) is 10.0 Å². The molecule has 1 aromatic heterocycles. The lowest BCUT2D eigenvalue weighted by atomic mass is 10.1. The van der Waals surface area contributed by atoms with Crippen LogP contribution in [0.2, 0.25) is 0 Å². The maximum atomic E-state index is 12.7. The highest BCUT2D eigenvalue weighted by Crippen LogP contribution is 2.24. The molecule has 1 aromatic rings. The summed E-state index contributed by atoms with van der Waals surface area (Å²) in [6, 6.07) is 0. The van der Waals surface area contributed by atoms with Crippen LogP contribution in [-0.4, -0.2) is 53.8 Å². The van der Waals surface area contributed by atoms with E-state index in [1.807, 2.05) is 6.92 Å². The molecule has 21 heavy (non-hydrogen) atoms. The molecule has 0 radical (unpaired) electrons.